The quantitative estimate of drug-likeness (QED) is 0.350. The highest BCUT2D eigenvalue weighted by molar-refractivity contribution is 7.99. The van der Waals surface area contributed by atoms with Crippen LogP contribution in [0.25, 0.3) is 11.0 Å². The molecule has 4 aromatic rings. The van der Waals surface area contributed by atoms with Gasteiger partial charge in [0.1, 0.15) is 11.3 Å². The number of amides is 1. The van der Waals surface area contributed by atoms with Crippen molar-refractivity contribution in [3.8, 4) is 0 Å². The molecule has 0 saturated heterocycles. The first kappa shape index (κ1) is 20.0. The summed E-state index contributed by atoms with van der Waals surface area (Å²) < 4.78 is 6.94. The van der Waals surface area contributed by atoms with Gasteiger partial charge in [0.05, 0.1) is 30.1 Å². The Hall–Kier alpha value is -3.26. The molecule has 0 aliphatic rings. The zero-order valence-electron chi connectivity index (χ0n) is 16.7. The van der Waals surface area contributed by atoms with E-state index in [0.717, 1.165) is 11.3 Å². The third-order valence-corrected chi connectivity index (χ3v) is 5.72. The average Bonchev–Trinajstić information content (AvgIpc) is 3.38. The molecule has 4 rings (SSSR count). The third-order valence-electron chi connectivity index (χ3n) is 4.74. The van der Waals surface area contributed by atoms with Crippen LogP contribution in [0.5, 0.6) is 0 Å². The second-order valence-electron chi connectivity index (χ2n) is 7.07. The van der Waals surface area contributed by atoms with Crippen molar-refractivity contribution >= 4 is 28.7 Å². The summed E-state index contributed by atoms with van der Waals surface area (Å²) in [5.41, 5.74) is 2.74. The number of furan rings is 1. The summed E-state index contributed by atoms with van der Waals surface area (Å²) in [5, 5.41) is 3.46. The predicted octanol–water partition coefficient (Wildman–Crippen LogP) is 3.64. The van der Waals surface area contributed by atoms with E-state index in [2.05, 4.69) is 15.3 Å². The molecule has 0 saturated carbocycles. The van der Waals surface area contributed by atoms with Crippen LogP contribution in [0.1, 0.15) is 30.0 Å². The summed E-state index contributed by atoms with van der Waals surface area (Å²) >= 11 is 1.24. The van der Waals surface area contributed by atoms with Gasteiger partial charge in [0.2, 0.25) is 5.91 Å². The van der Waals surface area contributed by atoms with Crippen molar-refractivity contribution < 1.29 is 9.21 Å². The van der Waals surface area contributed by atoms with E-state index in [1.807, 2.05) is 50.2 Å². The Morgan fingerprint density at radius 3 is 2.80 bits per heavy atom. The molecule has 0 aliphatic heterocycles. The molecule has 0 unspecified atom stereocenters. The smallest absolute Gasteiger partial charge is 0.278 e. The molecule has 0 fully saturated rings. The maximum Gasteiger partial charge on any atom is 0.278 e. The molecule has 3 heterocycles. The van der Waals surface area contributed by atoms with Crippen molar-refractivity contribution in [1.29, 1.82) is 0 Å². The largest absolute Gasteiger partial charge is 0.467 e. The predicted molar refractivity (Wildman–Crippen MR) is 117 cm³/mol. The van der Waals surface area contributed by atoms with E-state index >= 15 is 0 Å². The maximum absolute atomic E-state index is 13.0. The Kier molecular flexibility index (Phi) is 5.76. The van der Waals surface area contributed by atoms with E-state index < -0.39 is 0 Å². The number of rotatable bonds is 7. The van der Waals surface area contributed by atoms with E-state index in [1.54, 1.807) is 18.4 Å². The molecule has 3 aromatic heterocycles. The van der Waals surface area contributed by atoms with Crippen LogP contribution in [0, 0.1) is 6.92 Å². The Morgan fingerprint density at radius 1 is 1.27 bits per heavy atom. The Bertz CT molecular complexity index is 1210. The molecule has 154 valence electrons. The lowest BCUT2D eigenvalue weighted by atomic mass is 10.1. The fourth-order valence-corrected chi connectivity index (χ4v) is 4.07. The molecule has 7 nitrogen and oxygen atoms in total. The van der Waals surface area contributed by atoms with Crippen molar-refractivity contribution in [2.75, 3.05) is 5.75 Å². The van der Waals surface area contributed by atoms with Gasteiger partial charge in [-0.15, -0.1) is 0 Å². The van der Waals surface area contributed by atoms with E-state index in [4.69, 9.17) is 4.42 Å². The van der Waals surface area contributed by atoms with Crippen LogP contribution < -0.4 is 10.9 Å². The standard InChI is InChI=1S/C22H22N4O3S/c1-14-11-18-20(23-14)21(28)26(12-17-9-6-10-29-17)22(25-18)30-13-19(27)24-15(2)16-7-4-3-5-8-16/h3-11,15,23H,12-13H2,1-2H3,(H,24,27)/t15-/m0/s1. The molecule has 8 heteroatoms. The fourth-order valence-electron chi connectivity index (χ4n) is 3.26. The monoisotopic (exact) mass is 422 g/mol. The van der Waals surface area contributed by atoms with Gasteiger partial charge < -0.3 is 14.7 Å². The van der Waals surface area contributed by atoms with Gasteiger partial charge in [-0.05, 0) is 37.6 Å². The fraction of sp³-hybridized carbons (Fsp3) is 0.227. The molecular formula is C22H22N4O3S. The number of carbonyl (C=O) groups is 1. The summed E-state index contributed by atoms with van der Waals surface area (Å²) in [4.78, 5) is 33.2. The number of hydrogen-bond acceptors (Lipinski definition) is 5. The van der Waals surface area contributed by atoms with Gasteiger partial charge in [-0.3, -0.25) is 14.2 Å². The van der Waals surface area contributed by atoms with Crippen LogP contribution in [0.4, 0.5) is 0 Å². The van der Waals surface area contributed by atoms with Gasteiger partial charge in [-0.2, -0.15) is 0 Å². The Morgan fingerprint density at radius 2 is 2.07 bits per heavy atom. The van der Waals surface area contributed by atoms with Crippen molar-refractivity contribution in [3.63, 3.8) is 0 Å². The van der Waals surface area contributed by atoms with Gasteiger partial charge in [0.25, 0.3) is 5.56 Å². The number of nitrogens with one attached hydrogen (secondary N) is 2. The zero-order chi connectivity index (χ0) is 21.1. The molecule has 0 spiro atoms. The molecule has 1 amide bonds. The molecule has 30 heavy (non-hydrogen) atoms. The third kappa shape index (κ3) is 4.33. The van der Waals surface area contributed by atoms with E-state index in [-0.39, 0.29) is 29.8 Å². The number of benzene rings is 1. The lowest BCUT2D eigenvalue weighted by molar-refractivity contribution is -0.119. The average molecular weight is 423 g/mol. The van der Waals surface area contributed by atoms with Crippen molar-refractivity contribution in [2.45, 2.75) is 31.6 Å². The van der Waals surface area contributed by atoms with E-state index in [1.165, 1.54) is 16.3 Å². The highest BCUT2D eigenvalue weighted by Crippen LogP contribution is 2.20. The van der Waals surface area contributed by atoms with Crippen LogP contribution in [0.2, 0.25) is 0 Å². The zero-order valence-corrected chi connectivity index (χ0v) is 17.5. The van der Waals surface area contributed by atoms with E-state index in [0.29, 0.717) is 22.0 Å². The topological polar surface area (TPSA) is 92.9 Å². The second kappa shape index (κ2) is 8.62. The van der Waals surface area contributed by atoms with Gasteiger partial charge in [0, 0.05) is 5.69 Å². The number of H-pyrrole nitrogens is 1. The normalized spacial score (nSPS) is 12.2. The van der Waals surface area contributed by atoms with Crippen molar-refractivity contribution in [3.05, 3.63) is 82.2 Å². The van der Waals surface area contributed by atoms with Crippen LogP contribution >= 0.6 is 11.8 Å². The summed E-state index contributed by atoms with van der Waals surface area (Å²) in [6.45, 7) is 4.07. The van der Waals surface area contributed by atoms with Crippen LogP contribution in [0.15, 0.2) is 69.2 Å². The number of hydrogen-bond donors (Lipinski definition) is 2. The molecule has 0 aliphatic carbocycles. The number of aromatic nitrogens is 3. The lowest BCUT2D eigenvalue weighted by Gasteiger charge is -2.15. The SMILES string of the molecule is Cc1cc2nc(SCC(=O)N[C@@H](C)c3ccccc3)n(Cc3ccco3)c(=O)c2[nH]1. The molecule has 2 N–H and O–H groups in total. The second-order valence-corrected chi connectivity index (χ2v) is 8.01. The highest BCUT2D eigenvalue weighted by atomic mass is 32.2. The van der Waals surface area contributed by atoms with E-state index in [9.17, 15) is 9.59 Å². The number of thioether (sulfide) groups is 1. The number of fused-ring (bicyclic) bond motifs is 1. The van der Waals surface area contributed by atoms with Gasteiger partial charge in [-0.25, -0.2) is 4.98 Å². The highest BCUT2D eigenvalue weighted by Gasteiger charge is 2.17. The number of aromatic amines is 1. The molecule has 1 aromatic carbocycles. The van der Waals surface area contributed by atoms with Crippen LogP contribution in [0.3, 0.4) is 0 Å². The van der Waals surface area contributed by atoms with Crippen LogP contribution in [-0.4, -0.2) is 26.2 Å². The first-order chi connectivity index (χ1) is 14.5. The number of nitrogens with zero attached hydrogens (tertiary/aromatic N) is 2. The summed E-state index contributed by atoms with van der Waals surface area (Å²) in [7, 11) is 0. The van der Waals surface area contributed by atoms with Gasteiger partial charge in [0.15, 0.2) is 5.16 Å². The lowest BCUT2D eigenvalue weighted by Crippen LogP contribution is -2.29. The molecule has 0 bridgehead atoms. The summed E-state index contributed by atoms with van der Waals surface area (Å²) in [5.74, 6) is 0.669. The summed E-state index contributed by atoms with van der Waals surface area (Å²) in [6, 6.07) is 15.1. The van der Waals surface area contributed by atoms with Gasteiger partial charge >= 0.3 is 0 Å². The Balaban J connectivity index is 1.55. The molecule has 1 atom stereocenters. The summed E-state index contributed by atoms with van der Waals surface area (Å²) in [6.07, 6.45) is 1.57. The molecular weight excluding hydrogens is 400 g/mol. The first-order valence-corrected chi connectivity index (χ1v) is 10.6. The van der Waals surface area contributed by atoms with Crippen molar-refractivity contribution in [1.82, 2.24) is 19.9 Å². The van der Waals surface area contributed by atoms with Crippen LogP contribution in [-0.2, 0) is 11.3 Å². The molecule has 0 radical (unpaired) electrons. The number of aryl methyl sites for hydroxylation is 1. The minimum Gasteiger partial charge on any atom is -0.467 e. The van der Waals surface area contributed by atoms with Crippen molar-refractivity contribution in [2.24, 2.45) is 0 Å². The maximum atomic E-state index is 13.0. The number of carbonyl (C=O) groups excluding carboxylic acids is 1. The van der Waals surface area contributed by atoms with Gasteiger partial charge in [-0.1, -0.05) is 42.1 Å². The minimum atomic E-state index is -0.190. The minimum absolute atomic E-state index is 0.104. The first-order valence-electron chi connectivity index (χ1n) is 9.61. The Labute approximate surface area is 177 Å².